The number of nitrogens with one attached hydrogen (secondary N) is 1. The van der Waals surface area contributed by atoms with Crippen LogP contribution in [0.25, 0.3) is 16.5 Å². The van der Waals surface area contributed by atoms with Crippen molar-refractivity contribution in [1.82, 2.24) is 14.9 Å². The van der Waals surface area contributed by atoms with Gasteiger partial charge in [0.05, 0.1) is 24.4 Å². The van der Waals surface area contributed by atoms with E-state index in [1.165, 1.54) is 16.3 Å². The summed E-state index contributed by atoms with van der Waals surface area (Å²) in [7, 11) is 0. The van der Waals surface area contributed by atoms with Crippen LogP contribution < -0.4 is 40.0 Å². The predicted octanol–water partition coefficient (Wildman–Crippen LogP) is 0.220. The first kappa shape index (κ1) is 24.2. The van der Waals surface area contributed by atoms with E-state index in [0.717, 1.165) is 23.6 Å². The average Bonchev–Trinajstić information content (AvgIpc) is 3.49. The molecule has 6 nitrogen and oxygen atoms in total. The van der Waals surface area contributed by atoms with E-state index in [4.69, 9.17) is 0 Å². The maximum atomic E-state index is 14.4. The molecule has 0 aliphatic heterocycles. The molecule has 1 saturated carbocycles. The van der Waals surface area contributed by atoms with E-state index < -0.39 is 23.7 Å². The van der Waals surface area contributed by atoms with Crippen molar-refractivity contribution in [2.75, 3.05) is 6.54 Å². The molecule has 1 N–H and O–H groups in total. The Morgan fingerprint density at radius 1 is 1.23 bits per heavy atom. The number of alkyl halides is 2. The quantitative estimate of drug-likeness (QED) is 0.358. The molecule has 0 saturated heterocycles. The Morgan fingerprint density at radius 2 is 1.90 bits per heavy atom. The van der Waals surface area contributed by atoms with Crippen molar-refractivity contribution in [2.24, 2.45) is 0 Å². The van der Waals surface area contributed by atoms with Crippen molar-refractivity contribution in [3.05, 3.63) is 52.8 Å². The summed E-state index contributed by atoms with van der Waals surface area (Å²) in [4.78, 5) is 26.2. The Labute approximate surface area is 211 Å². The van der Waals surface area contributed by atoms with Gasteiger partial charge in [-0.15, -0.1) is 0 Å². The summed E-state index contributed by atoms with van der Waals surface area (Å²) in [5.41, 5.74) is 1.87. The molecule has 1 heterocycles. The van der Waals surface area contributed by atoms with E-state index in [1.807, 2.05) is 36.4 Å². The second-order valence-electron chi connectivity index (χ2n) is 6.87. The molecule has 2 aromatic carbocycles. The molecule has 1 fully saturated rings. The summed E-state index contributed by atoms with van der Waals surface area (Å²) in [5.74, 6) is -2.87. The molecule has 1 amide bonds. The van der Waals surface area contributed by atoms with Crippen molar-refractivity contribution in [2.45, 2.75) is 29.2 Å². The van der Waals surface area contributed by atoms with Gasteiger partial charge in [0, 0.05) is 5.39 Å². The number of aliphatic carboxylic acids is 1. The molecule has 4 rings (SSSR count). The molecule has 0 atom stereocenters. The first-order valence-corrected chi connectivity index (χ1v) is 10.7. The zero-order chi connectivity index (χ0) is 21.5. The van der Waals surface area contributed by atoms with Gasteiger partial charge in [-0.05, 0) is 63.5 Å². The summed E-state index contributed by atoms with van der Waals surface area (Å²) >= 11 is 3.29. The van der Waals surface area contributed by atoms with Crippen LogP contribution in [0.1, 0.15) is 24.3 Å². The third kappa shape index (κ3) is 5.14. The van der Waals surface area contributed by atoms with E-state index in [-0.39, 0.29) is 46.5 Å². The first-order chi connectivity index (χ1) is 14.3. The number of imidazole rings is 1. The summed E-state index contributed by atoms with van der Waals surface area (Å²) in [5, 5.41) is 9.97. The molecule has 1 aliphatic carbocycles. The van der Waals surface area contributed by atoms with Crippen LogP contribution in [0.2, 0.25) is 0 Å². The number of carbonyl (C=O) groups excluding carboxylic acids is 2. The largest absolute Gasteiger partial charge is 1.00 e. The Morgan fingerprint density at radius 3 is 2.55 bits per heavy atom. The van der Waals surface area contributed by atoms with Gasteiger partial charge in [0.1, 0.15) is 4.60 Å². The number of carboxylic acids is 1. The second kappa shape index (κ2) is 9.58. The van der Waals surface area contributed by atoms with Gasteiger partial charge in [-0.2, -0.15) is 8.78 Å². The van der Waals surface area contributed by atoms with Gasteiger partial charge in [-0.1, -0.05) is 30.3 Å². The number of thioether (sulfide) groups is 1. The van der Waals surface area contributed by atoms with Crippen molar-refractivity contribution in [3.63, 3.8) is 0 Å². The topological polar surface area (TPSA) is 87.0 Å². The zero-order valence-electron chi connectivity index (χ0n) is 16.4. The Balaban J connectivity index is 0.00000272. The summed E-state index contributed by atoms with van der Waals surface area (Å²) in [6.45, 7) is -1.000. The third-order valence-corrected chi connectivity index (χ3v) is 6.23. The number of nitrogens with zero attached hydrogens (tertiary/aromatic N) is 2. The molecule has 0 radical (unpaired) electrons. The number of amides is 1. The normalized spacial score (nSPS) is 13.6. The minimum absolute atomic E-state index is 0. The fraction of sp³-hybridized carbons (Fsp3) is 0.250. The number of carboxylic acid groups (broad SMARTS) is 1. The minimum atomic E-state index is -3.93. The standard InChI is InChI=1S/C20H16BrF2N3O3S.Na/c21-16-9-25-19(30-20(22,23)18(29)24-10-17(27)28)26(16)15-8-7-12(11-5-6-11)13-3-1-2-4-14(13)15;/h1-4,7-9,11H,5-6,10H2,(H,24,29)(H,27,28);/q;+1/p-1. The Bertz CT molecular complexity index is 1150. The van der Waals surface area contributed by atoms with E-state index >= 15 is 0 Å². The first-order valence-electron chi connectivity index (χ1n) is 9.08. The average molecular weight is 518 g/mol. The molecule has 11 heteroatoms. The van der Waals surface area contributed by atoms with E-state index in [1.54, 1.807) is 5.32 Å². The molecule has 1 aliphatic rings. The van der Waals surface area contributed by atoms with Crippen LogP contribution >= 0.6 is 27.7 Å². The number of aromatic nitrogens is 2. The SMILES string of the molecule is O=C([O-])CNC(=O)C(F)(F)Sc1ncc(Br)n1-c1ccc(C2CC2)c2ccccc12.[Na+]. The fourth-order valence-electron chi connectivity index (χ4n) is 3.27. The summed E-state index contributed by atoms with van der Waals surface area (Å²) in [6, 6.07) is 11.6. The molecular formula is C20H15BrF2N3NaO3S. The smallest absolute Gasteiger partial charge is 0.548 e. The molecule has 3 aromatic rings. The van der Waals surface area contributed by atoms with Crippen LogP contribution in [0.4, 0.5) is 8.78 Å². The van der Waals surface area contributed by atoms with Crippen LogP contribution in [0, 0.1) is 0 Å². The number of carbonyl (C=O) groups is 2. The number of hydrogen-bond acceptors (Lipinski definition) is 5. The van der Waals surface area contributed by atoms with Crippen LogP contribution in [-0.4, -0.2) is 33.2 Å². The maximum Gasteiger partial charge on any atom is 1.00 e. The van der Waals surface area contributed by atoms with Gasteiger partial charge in [0.25, 0.3) is 0 Å². The molecule has 31 heavy (non-hydrogen) atoms. The summed E-state index contributed by atoms with van der Waals surface area (Å²) in [6.07, 6.45) is 3.64. The summed E-state index contributed by atoms with van der Waals surface area (Å²) < 4.78 is 30.8. The van der Waals surface area contributed by atoms with Crippen molar-refractivity contribution in [1.29, 1.82) is 0 Å². The Hall–Kier alpha value is -1.46. The van der Waals surface area contributed by atoms with Crippen LogP contribution in [0.15, 0.2) is 52.4 Å². The number of hydrogen-bond donors (Lipinski definition) is 1. The predicted molar refractivity (Wildman–Crippen MR) is 110 cm³/mol. The molecule has 0 unspecified atom stereocenters. The molecule has 1 aromatic heterocycles. The number of halogens is 3. The molecule has 156 valence electrons. The monoisotopic (exact) mass is 517 g/mol. The maximum absolute atomic E-state index is 14.4. The van der Waals surface area contributed by atoms with Gasteiger partial charge < -0.3 is 15.2 Å². The number of fused-ring (bicyclic) bond motifs is 1. The van der Waals surface area contributed by atoms with Gasteiger partial charge in [0.2, 0.25) is 0 Å². The van der Waals surface area contributed by atoms with Crippen molar-refractivity contribution < 1.29 is 53.0 Å². The van der Waals surface area contributed by atoms with Crippen LogP contribution in [0.5, 0.6) is 0 Å². The number of rotatable bonds is 7. The second-order valence-corrected chi connectivity index (χ2v) is 8.76. The van der Waals surface area contributed by atoms with Gasteiger partial charge >= 0.3 is 40.7 Å². The Kier molecular flexibility index (Phi) is 7.47. The van der Waals surface area contributed by atoms with Crippen LogP contribution in [-0.2, 0) is 9.59 Å². The van der Waals surface area contributed by atoms with Crippen molar-refractivity contribution in [3.8, 4) is 5.69 Å². The van der Waals surface area contributed by atoms with Gasteiger partial charge in [0.15, 0.2) is 5.16 Å². The third-order valence-electron chi connectivity index (χ3n) is 4.76. The molecule has 0 bridgehead atoms. The van der Waals surface area contributed by atoms with Crippen molar-refractivity contribution >= 4 is 50.3 Å². The van der Waals surface area contributed by atoms with Gasteiger partial charge in [-0.3, -0.25) is 9.36 Å². The fourth-order valence-corrected chi connectivity index (χ4v) is 4.64. The minimum Gasteiger partial charge on any atom is -0.548 e. The van der Waals surface area contributed by atoms with E-state index in [0.29, 0.717) is 16.2 Å². The van der Waals surface area contributed by atoms with Crippen LogP contribution in [0.3, 0.4) is 0 Å². The number of benzene rings is 2. The van der Waals surface area contributed by atoms with E-state index in [9.17, 15) is 23.5 Å². The van der Waals surface area contributed by atoms with E-state index in [2.05, 4.69) is 20.9 Å². The van der Waals surface area contributed by atoms with Gasteiger partial charge in [-0.25, -0.2) is 4.98 Å². The molecular weight excluding hydrogens is 503 g/mol. The zero-order valence-corrected chi connectivity index (χ0v) is 20.8. The molecule has 0 spiro atoms.